The first-order chi connectivity index (χ1) is 7.98. The van der Waals surface area contributed by atoms with Crippen molar-refractivity contribution in [3.05, 3.63) is 12.2 Å². The van der Waals surface area contributed by atoms with E-state index >= 15 is 0 Å². The zero-order valence-corrected chi connectivity index (χ0v) is 11.1. The van der Waals surface area contributed by atoms with E-state index in [4.69, 9.17) is 4.74 Å². The number of hydrogen-bond acceptors (Lipinski definition) is 4. The maximum Gasteiger partial charge on any atom is 0.149 e. The molecule has 1 aliphatic heterocycles. The van der Waals surface area contributed by atoms with Gasteiger partial charge in [0, 0.05) is 19.7 Å². The number of ether oxygens (including phenoxy) is 1. The quantitative estimate of drug-likeness (QED) is 0.865. The third-order valence-electron chi connectivity index (χ3n) is 3.32. The number of rotatable bonds is 3. The van der Waals surface area contributed by atoms with Crippen LogP contribution in [0.3, 0.4) is 0 Å². The Kier molecular flexibility index (Phi) is 3.49. The van der Waals surface area contributed by atoms with Crippen LogP contribution in [0.25, 0.3) is 0 Å². The molecule has 1 N–H and O–H groups in total. The third kappa shape index (κ3) is 3.04. The minimum Gasteiger partial charge on any atom is -0.375 e. The normalized spacial score (nSPS) is 25.8. The maximum atomic E-state index is 5.72. The molecule has 0 radical (unpaired) electrons. The van der Waals surface area contributed by atoms with Crippen LogP contribution in [0.15, 0.2) is 6.33 Å². The Morgan fingerprint density at radius 3 is 2.94 bits per heavy atom. The van der Waals surface area contributed by atoms with Crippen LogP contribution in [-0.2, 0) is 11.8 Å². The Hall–Kier alpha value is -0.940. The van der Waals surface area contributed by atoms with Gasteiger partial charge in [-0.15, -0.1) is 10.2 Å². The monoisotopic (exact) mass is 238 g/mol. The van der Waals surface area contributed by atoms with Gasteiger partial charge in [0.15, 0.2) is 0 Å². The molecule has 2 heterocycles. The van der Waals surface area contributed by atoms with Crippen LogP contribution >= 0.6 is 0 Å². The Morgan fingerprint density at radius 1 is 1.59 bits per heavy atom. The van der Waals surface area contributed by atoms with Crippen molar-refractivity contribution >= 4 is 0 Å². The minimum absolute atomic E-state index is 0.0183. The number of nitrogens with one attached hydrogen (secondary N) is 1. The maximum absolute atomic E-state index is 5.72. The lowest BCUT2D eigenvalue weighted by Gasteiger charge is -2.37. The lowest BCUT2D eigenvalue weighted by Crippen LogP contribution is -2.44. The van der Waals surface area contributed by atoms with E-state index < -0.39 is 0 Å². The third-order valence-corrected chi connectivity index (χ3v) is 3.32. The second-order valence-electron chi connectivity index (χ2n) is 5.49. The Morgan fingerprint density at radius 2 is 2.35 bits per heavy atom. The summed E-state index contributed by atoms with van der Waals surface area (Å²) in [5.41, 5.74) is -0.0183. The van der Waals surface area contributed by atoms with Crippen molar-refractivity contribution in [3.8, 4) is 0 Å². The summed E-state index contributed by atoms with van der Waals surface area (Å²) in [6.45, 7) is 7.25. The molecule has 2 atom stereocenters. The van der Waals surface area contributed by atoms with Gasteiger partial charge in [-0.2, -0.15) is 0 Å². The van der Waals surface area contributed by atoms with E-state index in [1.807, 2.05) is 11.6 Å². The molecule has 0 aliphatic carbocycles. The van der Waals surface area contributed by atoms with Crippen molar-refractivity contribution in [2.24, 2.45) is 7.05 Å². The summed E-state index contributed by atoms with van der Waals surface area (Å²) < 4.78 is 7.68. The average Bonchev–Trinajstić information content (AvgIpc) is 2.62. The Balaban J connectivity index is 1.95. The summed E-state index contributed by atoms with van der Waals surface area (Å²) in [5.74, 6) is 0.981. The van der Waals surface area contributed by atoms with E-state index in [0.29, 0.717) is 6.04 Å². The van der Waals surface area contributed by atoms with Crippen molar-refractivity contribution in [1.29, 1.82) is 0 Å². The van der Waals surface area contributed by atoms with Crippen LogP contribution in [0.4, 0.5) is 0 Å². The predicted molar refractivity (Wildman–Crippen MR) is 65.6 cm³/mol. The van der Waals surface area contributed by atoms with Gasteiger partial charge >= 0.3 is 0 Å². The first-order valence-corrected chi connectivity index (χ1v) is 6.22. The van der Waals surface area contributed by atoms with Gasteiger partial charge in [-0.05, 0) is 33.6 Å². The standard InChI is InChI=1S/C12H22N4O/c1-9(11-15-13-8-16(11)4)14-10-5-6-17-12(2,3)7-10/h8-10,14H,5-7H2,1-4H3. The van der Waals surface area contributed by atoms with Gasteiger partial charge in [0.25, 0.3) is 0 Å². The zero-order chi connectivity index (χ0) is 12.5. The molecule has 0 saturated carbocycles. The molecule has 5 nitrogen and oxygen atoms in total. The second kappa shape index (κ2) is 4.74. The summed E-state index contributed by atoms with van der Waals surface area (Å²) in [5, 5.41) is 11.7. The van der Waals surface area contributed by atoms with Gasteiger partial charge in [0.1, 0.15) is 12.2 Å². The summed E-state index contributed by atoms with van der Waals surface area (Å²) in [6.07, 6.45) is 3.84. The molecule has 1 aromatic rings. The Bertz CT molecular complexity index is 374. The Labute approximate surface area is 103 Å². The molecule has 1 aromatic heterocycles. The molecular formula is C12H22N4O. The summed E-state index contributed by atoms with van der Waals surface area (Å²) in [7, 11) is 1.97. The lowest BCUT2D eigenvalue weighted by molar-refractivity contribution is -0.0641. The first kappa shape index (κ1) is 12.5. The fraction of sp³-hybridized carbons (Fsp3) is 0.833. The lowest BCUT2D eigenvalue weighted by atomic mass is 9.93. The van der Waals surface area contributed by atoms with E-state index in [2.05, 4.69) is 36.3 Å². The van der Waals surface area contributed by atoms with Crippen LogP contribution in [0.1, 0.15) is 45.5 Å². The SMILES string of the molecule is CC(NC1CCOC(C)(C)C1)c1nncn1C. The van der Waals surface area contributed by atoms with E-state index in [-0.39, 0.29) is 11.6 Å². The molecule has 5 heteroatoms. The molecule has 0 bridgehead atoms. The van der Waals surface area contributed by atoms with E-state index in [0.717, 1.165) is 25.3 Å². The largest absolute Gasteiger partial charge is 0.375 e. The van der Waals surface area contributed by atoms with Crippen molar-refractivity contribution < 1.29 is 4.74 Å². The van der Waals surface area contributed by atoms with Crippen molar-refractivity contribution in [1.82, 2.24) is 20.1 Å². The topological polar surface area (TPSA) is 52.0 Å². The molecule has 0 spiro atoms. The summed E-state index contributed by atoms with van der Waals surface area (Å²) in [4.78, 5) is 0. The molecule has 0 aromatic carbocycles. The fourth-order valence-corrected chi connectivity index (χ4v) is 2.49. The summed E-state index contributed by atoms with van der Waals surface area (Å²) >= 11 is 0. The molecule has 96 valence electrons. The van der Waals surface area contributed by atoms with Gasteiger partial charge in [0.05, 0.1) is 11.6 Å². The van der Waals surface area contributed by atoms with Crippen LogP contribution in [0.2, 0.25) is 0 Å². The predicted octanol–water partition coefficient (Wildman–Crippen LogP) is 1.42. The van der Waals surface area contributed by atoms with Gasteiger partial charge in [0.2, 0.25) is 0 Å². The fourth-order valence-electron chi connectivity index (χ4n) is 2.49. The van der Waals surface area contributed by atoms with Gasteiger partial charge < -0.3 is 14.6 Å². The molecule has 0 amide bonds. The molecule has 1 saturated heterocycles. The minimum atomic E-state index is -0.0183. The molecular weight excluding hydrogens is 216 g/mol. The van der Waals surface area contributed by atoms with Gasteiger partial charge in [-0.1, -0.05) is 0 Å². The smallest absolute Gasteiger partial charge is 0.149 e. The van der Waals surface area contributed by atoms with Crippen molar-refractivity contribution in [2.75, 3.05) is 6.61 Å². The number of aryl methyl sites for hydroxylation is 1. The van der Waals surface area contributed by atoms with E-state index in [9.17, 15) is 0 Å². The highest BCUT2D eigenvalue weighted by Crippen LogP contribution is 2.25. The summed E-state index contributed by atoms with van der Waals surface area (Å²) in [6, 6.07) is 0.715. The van der Waals surface area contributed by atoms with E-state index in [1.54, 1.807) is 6.33 Å². The molecule has 1 fully saturated rings. The number of nitrogens with zero attached hydrogens (tertiary/aromatic N) is 3. The first-order valence-electron chi connectivity index (χ1n) is 6.22. The second-order valence-corrected chi connectivity index (χ2v) is 5.49. The molecule has 17 heavy (non-hydrogen) atoms. The van der Waals surface area contributed by atoms with Crippen LogP contribution in [-0.4, -0.2) is 33.0 Å². The van der Waals surface area contributed by atoms with Gasteiger partial charge in [-0.25, -0.2) is 0 Å². The molecule has 2 rings (SSSR count). The average molecular weight is 238 g/mol. The van der Waals surface area contributed by atoms with Crippen molar-refractivity contribution in [2.45, 2.75) is 51.3 Å². The van der Waals surface area contributed by atoms with Crippen LogP contribution in [0, 0.1) is 0 Å². The highest BCUT2D eigenvalue weighted by Gasteiger charge is 2.30. The van der Waals surface area contributed by atoms with Crippen molar-refractivity contribution in [3.63, 3.8) is 0 Å². The van der Waals surface area contributed by atoms with E-state index in [1.165, 1.54) is 0 Å². The van der Waals surface area contributed by atoms with Crippen LogP contribution < -0.4 is 5.32 Å². The van der Waals surface area contributed by atoms with Gasteiger partial charge in [-0.3, -0.25) is 0 Å². The number of aromatic nitrogens is 3. The zero-order valence-electron chi connectivity index (χ0n) is 11.1. The number of hydrogen-bond donors (Lipinski definition) is 1. The van der Waals surface area contributed by atoms with Crippen LogP contribution in [0.5, 0.6) is 0 Å². The molecule has 2 unspecified atom stereocenters. The molecule has 1 aliphatic rings. The highest BCUT2D eigenvalue weighted by molar-refractivity contribution is 4.94. The highest BCUT2D eigenvalue weighted by atomic mass is 16.5.